The van der Waals surface area contributed by atoms with Gasteiger partial charge in [0.2, 0.25) is 0 Å². The van der Waals surface area contributed by atoms with Gasteiger partial charge in [-0.05, 0) is 30.0 Å². The van der Waals surface area contributed by atoms with Gasteiger partial charge in [-0.1, -0.05) is 37.6 Å². The lowest BCUT2D eigenvalue weighted by Crippen LogP contribution is -2.23. The maximum absolute atomic E-state index is 11.3. The van der Waals surface area contributed by atoms with Gasteiger partial charge in [-0.2, -0.15) is 0 Å². The van der Waals surface area contributed by atoms with Gasteiger partial charge in [0.25, 0.3) is 0 Å². The number of carboxylic acid groups (broad SMARTS) is 1. The predicted octanol–water partition coefficient (Wildman–Crippen LogP) is 4.12. The first kappa shape index (κ1) is 14.1. The molecule has 0 fully saturated rings. The number of benzene rings is 1. The first-order valence-corrected chi connectivity index (χ1v) is 8.07. The number of rotatable bonds is 6. The highest BCUT2D eigenvalue weighted by molar-refractivity contribution is 7.14. The number of aromatic carboxylic acids is 1. The number of fused-ring (bicyclic) bond motifs is 1. The molecule has 0 radical (unpaired) electrons. The number of hydrogen-bond donors (Lipinski definition) is 1. The molecule has 1 aliphatic rings. The first-order chi connectivity index (χ1) is 10.2. The lowest BCUT2D eigenvalue weighted by Gasteiger charge is -2.29. The number of ether oxygens (including phenoxy) is 1. The van der Waals surface area contributed by atoms with Crippen LogP contribution in [0, 0.1) is 0 Å². The maximum atomic E-state index is 11.3. The zero-order valence-corrected chi connectivity index (χ0v) is 12.8. The number of aryl methyl sites for hydroxylation is 1. The quantitative estimate of drug-likeness (QED) is 0.873. The Morgan fingerprint density at radius 1 is 1.43 bits per heavy atom. The third kappa shape index (κ3) is 2.81. The van der Waals surface area contributed by atoms with E-state index in [1.54, 1.807) is 0 Å². The van der Waals surface area contributed by atoms with Gasteiger partial charge in [0.1, 0.15) is 5.75 Å². The number of thiophene rings is 1. The highest BCUT2D eigenvalue weighted by Crippen LogP contribution is 2.37. The van der Waals surface area contributed by atoms with E-state index in [2.05, 4.69) is 19.1 Å². The standard InChI is InChI=1S/C17H18O3S/c1-2-5-13-9-15(16(21-13)17(18)19)20-10-12-8-11-6-3-4-7-14(11)12/h3-4,6-7,9,12H,2,5,8,10H2,1H3,(H,18,19). The molecule has 1 aliphatic carbocycles. The minimum atomic E-state index is -0.897. The molecular formula is C17H18O3S. The SMILES string of the molecule is CCCc1cc(OCC2Cc3ccccc32)c(C(=O)O)s1. The van der Waals surface area contributed by atoms with E-state index in [-0.39, 0.29) is 0 Å². The molecule has 2 aromatic rings. The fourth-order valence-electron chi connectivity index (χ4n) is 2.75. The second-order valence-corrected chi connectivity index (χ2v) is 6.51. The van der Waals surface area contributed by atoms with Gasteiger partial charge >= 0.3 is 5.97 Å². The van der Waals surface area contributed by atoms with E-state index >= 15 is 0 Å². The highest BCUT2D eigenvalue weighted by atomic mass is 32.1. The lowest BCUT2D eigenvalue weighted by molar-refractivity contribution is 0.0697. The second-order valence-electron chi connectivity index (χ2n) is 5.37. The van der Waals surface area contributed by atoms with Gasteiger partial charge in [0, 0.05) is 10.8 Å². The van der Waals surface area contributed by atoms with Crippen LogP contribution in [0.3, 0.4) is 0 Å². The molecule has 0 saturated heterocycles. The molecule has 1 aromatic carbocycles. The summed E-state index contributed by atoms with van der Waals surface area (Å²) in [5.41, 5.74) is 2.71. The molecule has 3 nitrogen and oxygen atoms in total. The molecule has 1 atom stereocenters. The van der Waals surface area contributed by atoms with Crippen molar-refractivity contribution in [3.63, 3.8) is 0 Å². The Bertz CT molecular complexity index is 660. The number of carboxylic acids is 1. The van der Waals surface area contributed by atoms with Crippen molar-refractivity contribution >= 4 is 17.3 Å². The van der Waals surface area contributed by atoms with Crippen LogP contribution in [0.1, 0.15) is 44.9 Å². The van der Waals surface area contributed by atoms with E-state index in [1.807, 2.05) is 18.2 Å². The minimum absolute atomic E-state index is 0.325. The van der Waals surface area contributed by atoms with Crippen LogP contribution in [0.25, 0.3) is 0 Å². The van der Waals surface area contributed by atoms with Crippen LogP contribution in [0.15, 0.2) is 30.3 Å². The van der Waals surface area contributed by atoms with Crippen molar-refractivity contribution in [1.82, 2.24) is 0 Å². The van der Waals surface area contributed by atoms with Crippen LogP contribution >= 0.6 is 11.3 Å². The maximum Gasteiger partial charge on any atom is 0.349 e. The zero-order valence-electron chi connectivity index (χ0n) is 12.0. The van der Waals surface area contributed by atoms with E-state index < -0.39 is 5.97 Å². The highest BCUT2D eigenvalue weighted by Gasteiger charge is 2.27. The summed E-state index contributed by atoms with van der Waals surface area (Å²) in [7, 11) is 0. The number of carbonyl (C=O) groups is 1. The van der Waals surface area contributed by atoms with Crippen LogP contribution in [-0.4, -0.2) is 17.7 Å². The normalized spacial score (nSPS) is 16.1. The zero-order chi connectivity index (χ0) is 14.8. The third-order valence-corrected chi connectivity index (χ3v) is 5.01. The van der Waals surface area contributed by atoms with Gasteiger partial charge in [-0.25, -0.2) is 4.79 Å². The van der Waals surface area contributed by atoms with Crippen molar-refractivity contribution in [3.05, 3.63) is 51.2 Å². The molecule has 0 amide bonds. The van der Waals surface area contributed by atoms with Gasteiger partial charge < -0.3 is 9.84 Å². The predicted molar refractivity (Wildman–Crippen MR) is 83.7 cm³/mol. The van der Waals surface area contributed by atoms with E-state index in [1.165, 1.54) is 22.5 Å². The fraction of sp³-hybridized carbons (Fsp3) is 0.353. The molecule has 1 unspecified atom stereocenters. The summed E-state index contributed by atoms with van der Waals surface area (Å²) in [5, 5.41) is 9.27. The Morgan fingerprint density at radius 3 is 2.95 bits per heavy atom. The van der Waals surface area contributed by atoms with Gasteiger partial charge in [0.15, 0.2) is 4.88 Å². The molecule has 0 spiro atoms. The Morgan fingerprint density at radius 2 is 2.24 bits per heavy atom. The van der Waals surface area contributed by atoms with Crippen molar-refractivity contribution in [1.29, 1.82) is 0 Å². The van der Waals surface area contributed by atoms with Crippen LogP contribution < -0.4 is 4.74 Å². The van der Waals surface area contributed by atoms with Crippen molar-refractivity contribution in [2.45, 2.75) is 32.1 Å². The molecule has 0 saturated carbocycles. The smallest absolute Gasteiger partial charge is 0.349 e. The average molecular weight is 302 g/mol. The molecule has 1 heterocycles. The molecule has 110 valence electrons. The molecule has 1 N–H and O–H groups in total. The summed E-state index contributed by atoms with van der Waals surface area (Å²) in [6, 6.07) is 10.2. The van der Waals surface area contributed by atoms with E-state index in [0.717, 1.165) is 24.1 Å². The summed E-state index contributed by atoms with van der Waals surface area (Å²) >= 11 is 1.33. The van der Waals surface area contributed by atoms with Crippen molar-refractivity contribution < 1.29 is 14.6 Å². The molecule has 4 heteroatoms. The summed E-state index contributed by atoms with van der Waals surface area (Å²) in [5.74, 6) is 0.0177. The Kier molecular flexibility index (Phi) is 3.97. The van der Waals surface area contributed by atoms with Crippen molar-refractivity contribution in [2.24, 2.45) is 0 Å². The second kappa shape index (κ2) is 5.90. The number of hydrogen-bond acceptors (Lipinski definition) is 3. The minimum Gasteiger partial charge on any atom is -0.491 e. The summed E-state index contributed by atoms with van der Waals surface area (Å²) in [4.78, 5) is 12.7. The van der Waals surface area contributed by atoms with E-state index in [0.29, 0.717) is 23.2 Å². The fourth-order valence-corrected chi connectivity index (χ4v) is 3.79. The Hall–Kier alpha value is -1.81. The lowest BCUT2D eigenvalue weighted by atomic mass is 9.78. The van der Waals surface area contributed by atoms with Crippen LogP contribution in [-0.2, 0) is 12.8 Å². The van der Waals surface area contributed by atoms with Crippen molar-refractivity contribution in [3.8, 4) is 5.75 Å². The molecular weight excluding hydrogens is 284 g/mol. The molecule has 21 heavy (non-hydrogen) atoms. The third-order valence-electron chi connectivity index (χ3n) is 3.84. The van der Waals surface area contributed by atoms with Gasteiger partial charge in [0.05, 0.1) is 6.61 Å². The first-order valence-electron chi connectivity index (χ1n) is 7.25. The van der Waals surface area contributed by atoms with Crippen LogP contribution in [0.5, 0.6) is 5.75 Å². The van der Waals surface area contributed by atoms with E-state index in [4.69, 9.17) is 4.74 Å². The summed E-state index contributed by atoms with van der Waals surface area (Å²) < 4.78 is 5.82. The largest absolute Gasteiger partial charge is 0.491 e. The monoisotopic (exact) mass is 302 g/mol. The summed E-state index contributed by atoms with van der Waals surface area (Å²) in [6.45, 7) is 2.64. The Balaban J connectivity index is 1.69. The van der Waals surface area contributed by atoms with Crippen LogP contribution in [0.4, 0.5) is 0 Å². The van der Waals surface area contributed by atoms with Gasteiger partial charge in [-0.3, -0.25) is 0 Å². The van der Waals surface area contributed by atoms with Crippen molar-refractivity contribution in [2.75, 3.05) is 6.61 Å². The van der Waals surface area contributed by atoms with Gasteiger partial charge in [-0.15, -0.1) is 11.3 Å². The Labute approximate surface area is 128 Å². The topological polar surface area (TPSA) is 46.5 Å². The molecule has 1 aromatic heterocycles. The average Bonchev–Trinajstić information content (AvgIpc) is 2.84. The van der Waals surface area contributed by atoms with E-state index in [9.17, 15) is 9.90 Å². The summed E-state index contributed by atoms with van der Waals surface area (Å²) in [6.07, 6.45) is 2.93. The molecule has 0 aliphatic heterocycles. The molecule has 3 rings (SSSR count). The molecule has 0 bridgehead atoms. The van der Waals surface area contributed by atoms with Crippen LogP contribution in [0.2, 0.25) is 0 Å².